The van der Waals surface area contributed by atoms with Gasteiger partial charge in [0.2, 0.25) is 5.91 Å². The molecular formula is C28H33ClF3N3O4. The molecule has 2 aliphatic rings. The third-order valence-electron chi connectivity index (χ3n) is 7.85. The summed E-state index contributed by atoms with van der Waals surface area (Å²) < 4.78 is 45.1. The van der Waals surface area contributed by atoms with Crippen LogP contribution in [0.3, 0.4) is 0 Å². The molecule has 1 saturated heterocycles. The Kier molecular flexibility index (Phi) is 8.90. The van der Waals surface area contributed by atoms with Gasteiger partial charge in [0.25, 0.3) is 5.91 Å². The van der Waals surface area contributed by atoms with Gasteiger partial charge in [0.1, 0.15) is 0 Å². The van der Waals surface area contributed by atoms with Crippen LogP contribution in [0.1, 0.15) is 54.1 Å². The number of hydrogen-bond acceptors (Lipinski definition) is 5. The van der Waals surface area contributed by atoms with Gasteiger partial charge in [-0.1, -0.05) is 29.8 Å². The lowest BCUT2D eigenvalue weighted by Gasteiger charge is -2.47. The molecule has 2 amide bonds. The smallest absolute Gasteiger partial charge is 0.385 e. The van der Waals surface area contributed by atoms with Crippen molar-refractivity contribution >= 4 is 23.4 Å². The Bertz CT molecular complexity index is 1170. The van der Waals surface area contributed by atoms with E-state index in [4.69, 9.17) is 16.3 Å². The van der Waals surface area contributed by atoms with E-state index in [1.165, 1.54) is 6.07 Å². The van der Waals surface area contributed by atoms with Crippen molar-refractivity contribution in [3.05, 3.63) is 70.2 Å². The van der Waals surface area contributed by atoms with Gasteiger partial charge in [-0.25, -0.2) is 0 Å². The molecule has 11 heteroatoms. The molecule has 39 heavy (non-hydrogen) atoms. The van der Waals surface area contributed by atoms with Gasteiger partial charge in [-0.2, -0.15) is 13.2 Å². The third-order valence-corrected chi connectivity index (χ3v) is 8.10. The first-order chi connectivity index (χ1) is 18.5. The van der Waals surface area contributed by atoms with Crippen molar-refractivity contribution in [1.82, 2.24) is 16.0 Å². The summed E-state index contributed by atoms with van der Waals surface area (Å²) in [5, 5.41) is 20.8. The summed E-state index contributed by atoms with van der Waals surface area (Å²) in [5.74, 6) is -1.26. The molecule has 2 aromatic rings. The molecule has 4 rings (SSSR count). The van der Waals surface area contributed by atoms with Crippen LogP contribution in [0.25, 0.3) is 0 Å². The number of ether oxygens (including phenoxy) is 1. The van der Waals surface area contributed by atoms with Crippen LogP contribution in [-0.2, 0) is 21.3 Å². The minimum absolute atomic E-state index is 0.0141. The summed E-state index contributed by atoms with van der Waals surface area (Å²) >= 11 is 6.01. The SMILES string of the molecule is CCO[C@H]1CNC[C@@]1(NC(=O)CNC(=O)c1cccc(C(F)(F)F)c1)C1CCC(O)(c2ccc(Cl)cc2)CC1. The van der Waals surface area contributed by atoms with E-state index in [0.29, 0.717) is 50.4 Å². The molecule has 2 fully saturated rings. The van der Waals surface area contributed by atoms with Crippen LogP contribution in [0.4, 0.5) is 13.2 Å². The molecule has 2 aromatic carbocycles. The van der Waals surface area contributed by atoms with E-state index in [-0.39, 0.29) is 17.6 Å². The maximum absolute atomic E-state index is 13.1. The Labute approximate surface area is 230 Å². The van der Waals surface area contributed by atoms with Crippen molar-refractivity contribution in [3.63, 3.8) is 0 Å². The van der Waals surface area contributed by atoms with Crippen molar-refractivity contribution in [2.24, 2.45) is 5.92 Å². The van der Waals surface area contributed by atoms with Gasteiger partial charge in [0.15, 0.2) is 0 Å². The lowest BCUT2D eigenvalue weighted by atomic mass is 9.67. The summed E-state index contributed by atoms with van der Waals surface area (Å²) in [6, 6.07) is 11.2. The molecule has 1 saturated carbocycles. The van der Waals surface area contributed by atoms with Gasteiger partial charge in [0.05, 0.1) is 29.4 Å². The fourth-order valence-electron chi connectivity index (χ4n) is 5.81. The van der Waals surface area contributed by atoms with E-state index < -0.39 is 41.2 Å². The maximum Gasteiger partial charge on any atom is 0.416 e. The third kappa shape index (κ3) is 6.57. The molecule has 2 atom stereocenters. The Hall–Kier alpha value is -2.66. The fraction of sp³-hybridized carbons (Fsp3) is 0.500. The zero-order chi connectivity index (χ0) is 28.3. The van der Waals surface area contributed by atoms with Crippen LogP contribution in [0.2, 0.25) is 5.02 Å². The lowest BCUT2D eigenvalue weighted by molar-refractivity contribution is -0.137. The number of benzene rings is 2. The van der Waals surface area contributed by atoms with Gasteiger partial charge in [0, 0.05) is 30.3 Å². The zero-order valence-corrected chi connectivity index (χ0v) is 22.4. The van der Waals surface area contributed by atoms with Crippen LogP contribution in [0.5, 0.6) is 0 Å². The number of aliphatic hydroxyl groups is 1. The first-order valence-corrected chi connectivity index (χ1v) is 13.4. The summed E-state index contributed by atoms with van der Waals surface area (Å²) in [6.07, 6.45) is -2.67. The highest BCUT2D eigenvalue weighted by atomic mass is 35.5. The fourth-order valence-corrected chi connectivity index (χ4v) is 5.94. The van der Waals surface area contributed by atoms with Crippen LogP contribution in [-0.4, -0.2) is 54.8 Å². The molecule has 1 aliphatic carbocycles. The molecule has 4 N–H and O–H groups in total. The van der Waals surface area contributed by atoms with Gasteiger partial charge >= 0.3 is 6.18 Å². The standard InChI is InChI=1S/C28H33ClF3N3O4/c1-2-39-23-15-33-17-27(23,20-10-12-26(38,13-11-20)19-6-8-22(29)9-7-19)35-24(36)16-34-25(37)18-4-3-5-21(14-18)28(30,31)32/h3-9,14,20,23,33,38H,2,10-13,15-17H2,1H3,(H,34,37)(H,35,36)/t20?,23-,26?,27+/m0/s1. The Morgan fingerprint density at radius 2 is 1.85 bits per heavy atom. The summed E-state index contributed by atoms with van der Waals surface area (Å²) in [5.41, 5.74) is -2.10. The van der Waals surface area contributed by atoms with Crippen molar-refractivity contribution in [2.45, 2.75) is 56.0 Å². The van der Waals surface area contributed by atoms with E-state index in [1.54, 1.807) is 12.1 Å². The minimum Gasteiger partial charge on any atom is -0.385 e. The van der Waals surface area contributed by atoms with Crippen LogP contribution in [0.15, 0.2) is 48.5 Å². The number of hydrogen-bond donors (Lipinski definition) is 4. The van der Waals surface area contributed by atoms with Crippen LogP contribution >= 0.6 is 11.6 Å². The molecule has 1 aliphatic heterocycles. The van der Waals surface area contributed by atoms with Gasteiger partial charge in [-0.3, -0.25) is 9.59 Å². The predicted octanol–water partition coefficient (Wildman–Crippen LogP) is 4.03. The molecule has 0 radical (unpaired) electrons. The highest BCUT2D eigenvalue weighted by Gasteiger charge is 2.52. The molecule has 0 bridgehead atoms. The number of alkyl halides is 3. The average molecular weight is 568 g/mol. The first kappa shape index (κ1) is 29.3. The van der Waals surface area contributed by atoms with E-state index in [1.807, 2.05) is 19.1 Å². The van der Waals surface area contributed by atoms with E-state index in [0.717, 1.165) is 23.8 Å². The van der Waals surface area contributed by atoms with Crippen molar-refractivity contribution < 1.29 is 32.6 Å². The number of carbonyl (C=O) groups excluding carboxylic acids is 2. The summed E-state index contributed by atoms with van der Waals surface area (Å²) in [4.78, 5) is 25.6. The predicted molar refractivity (Wildman–Crippen MR) is 140 cm³/mol. The van der Waals surface area contributed by atoms with Crippen molar-refractivity contribution in [2.75, 3.05) is 26.2 Å². The highest BCUT2D eigenvalue weighted by molar-refractivity contribution is 6.30. The number of carbonyl (C=O) groups is 2. The Balaban J connectivity index is 1.44. The molecule has 0 aromatic heterocycles. The normalized spacial score (nSPS) is 27.2. The molecule has 0 spiro atoms. The van der Waals surface area contributed by atoms with E-state index in [2.05, 4.69) is 16.0 Å². The lowest BCUT2D eigenvalue weighted by Crippen LogP contribution is -2.64. The zero-order valence-electron chi connectivity index (χ0n) is 21.6. The van der Waals surface area contributed by atoms with Crippen molar-refractivity contribution in [1.29, 1.82) is 0 Å². The number of amides is 2. The molecule has 1 heterocycles. The molecule has 7 nitrogen and oxygen atoms in total. The van der Waals surface area contributed by atoms with Crippen LogP contribution < -0.4 is 16.0 Å². The van der Waals surface area contributed by atoms with E-state index >= 15 is 0 Å². The monoisotopic (exact) mass is 567 g/mol. The number of halogens is 4. The van der Waals surface area contributed by atoms with Gasteiger partial charge in [-0.15, -0.1) is 0 Å². The minimum atomic E-state index is -4.58. The Morgan fingerprint density at radius 1 is 1.15 bits per heavy atom. The molecular weight excluding hydrogens is 535 g/mol. The molecule has 212 valence electrons. The maximum atomic E-state index is 13.1. The second kappa shape index (κ2) is 11.8. The average Bonchev–Trinajstić information content (AvgIpc) is 3.30. The first-order valence-electron chi connectivity index (χ1n) is 13.0. The second-order valence-electron chi connectivity index (χ2n) is 10.2. The number of rotatable bonds is 8. The van der Waals surface area contributed by atoms with Crippen LogP contribution in [0, 0.1) is 5.92 Å². The molecule has 0 unspecified atom stereocenters. The number of nitrogens with one attached hydrogen (secondary N) is 3. The summed E-state index contributed by atoms with van der Waals surface area (Å²) in [7, 11) is 0. The second-order valence-corrected chi connectivity index (χ2v) is 10.7. The summed E-state index contributed by atoms with van der Waals surface area (Å²) in [6.45, 7) is 2.90. The van der Waals surface area contributed by atoms with Crippen molar-refractivity contribution in [3.8, 4) is 0 Å². The highest BCUT2D eigenvalue weighted by Crippen LogP contribution is 2.45. The topological polar surface area (TPSA) is 99.7 Å². The quantitative estimate of drug-likeness (QED) is 0.386. The largest absolute Gasteiger partial charge is 0.416 e. The van der Waals surface area contributed by atoms with Gasteiger partial charge < -0.3 is 25.8 Å². The van der Waals surface area contributed by atoms with Gasteiger partial charge in [-0.05, 0) is 74.4 Å². The Morgan fingerprint density at radius 3 is 2.49 bits per heavy atom. The van der Waals surface area contributed by atoms with E-state index in [9.17, 15) is 27.9 Å².